The van der Waals surface area contributed by atoms with Crippen LogP contribution in [-0.2, 0) is 0 Å². The van der Waals surface area contributed by atoms with Crippen molar-refractivity contribution in [3.05, 3.63) is 133 Å². The molecule has 0 N–H and O–H groups in total. The lowest BCUT2D eigenvalue weighted by Gasteiger charge is -2.26. The first kappa shape index (κ1) is 26.5. The average Bonchev–Trinajstić information content (AvgIpc) is 3.03. The molecule has 0 radical (unpaired) electrons. The minimum atomic E-state index is -0.662. The number of methoxy groups -OCH3 is 2. The van der Waals surface area contributed by atoms with Crippen LogP contribution in [0.5, 0.6) is 11.5 Å². The van der Waals surface area contributed by atoms with Crippen LogP contribution in [0.4, 0.5) is 0 Å². The minimum absolute atomic E-state index is 0.662. The minimum Gasteiger partial charge on any atom is -0.495 e. The Balaban J connectivity index is 1.46. The Morgan fingerprint density at radius 1 is 0.425 bits per heavy atom. The van der Waals surface area contributed by atoms with E-state index in [0.29, 0.717) is 0 Å². The molecule has 6 aromatic carbocycles. The van der Waals surface area contributed by atoms with Gasteiger partial charge in [0.1, 0.15) is 11.5 Å². The van der Waals surface area contributed by atoms with Crippen LogP contribution in [-0.4, -0.2) is 26.5 Å². The third-order valence-corrected chi connectivity index (χ3v) is 12.8. The maximum absolute atomic E-state index is 6.12. The molecular formula is C36H32O2P2. The topological polar surface area (TPSA) is 18.5 Å². The molecule has 0 heterocycles. The van der Waals surface area contributed by atoms with Crippen molar-refractivity contribution in [1.82, 2.24) is 0 Å². The van der Waals surface area contributed by atoms with Crippen LogP contribution in [0.2, 0.25) is 0 Å². The molecule has 0 aliphatic carbocycles. The molecule has 0 bridgehead atoms. The van der Waals surface area contributed by atoms with Gasteiger partial charge in [-0.2, -0.15) is 0 Å². The summed E-state index contributed by atoms with van der Waals surface area (Å²) >= 11 is 0. The Bertz CT molecular complexity index is 1600. The molecule has 6 aromatic rings. The van der Waals surface area contributed by atoms with Gasteiger partial charge in [-0.1, -0.05) is 121 Å². The molecule has 2 nitrogen and oxygen atoms in total. The van der Waals surface area contributed by atoms with E-state index in [0.717, 1.165) is 23.8 Å². The van der Waals surface area contributed by atoms with Crippen molar-refractivity contribution in [1.29, 1.82) is 0 Å². The summed E-state index contributed by atoms with van der Waals surface area (Å²) in [5, 5.41) is 10.1. The predicted octanol–water partition coefficient (Wildman–Crippen LogP) is 7.58. The van der Waals surface area contributed by atoms with Crippen molar-refractivity contribution in [2.24, 2.45) is 0 Å². The van der Waals surface area contributed by atoms with Crippen molar-refractivity contribution >= 4 is 58.6 Å². The molecule has 0 spiro atoms. The standard InChI is InChI=1S/C36H32O2P2/c1-37-35-31-19-11-9-13-27(31)21-23-33(35)39(29-15-5-3-6-16-29)25-26-40(30-17-7-4-8-18-30)34-24-22-28-14-10-12-20-32(28)36(34)38-2/h3-24H,25-26H2,1-2H3. The predicted molar refractivity (Wildman–Crippen MR) is 176 cm³/mol. The largest absolute Gasteiger partial charge is 0.495 e. The summed E-state index contributed by atoms with van der Waals surface area (Å²) < 4.78 is 12.2. The highest BCUT2D eigenvalue weighted by molar-refractivity contribution is 7.76. The van der Waals surface area contributed by atoms with Crippen LogP contribution in [0.3, 0.4) is 0 Å². The number of hydrogen-bond acceptors (Lipinski definition) is 2. The van der Waals surface area contributed by atoms with Gasteiger partial charge in [0.2, 0.25) is 0 Å². The van der Waals surface area contributed by atoms with Crippen LogP contribution in [0.1, 0.15) is 0 Å². The van der Waals surface area contributed by atoms with E-state index >= 15 is 0 Å². The zero-order valence-electron chi connectivity index (χ0n) is 22.8. The van der Waals surface area contributed by atoms with Gasteiger partial charge < -0.3 is 9.47 Å². The van der Waals surface area contributed by atoms with E-state index < -0.39 is 15.8 Å². The highest BCUT2D eigenvalue weighted by Gasteiger charge is 2.25. The van der Waals surface area contributed by atoms with Crippen molar-refractivity contribution in [3.63, 3.8) is 0 Å². The van der Waals surface area contributed by atoms with Gasteiger partial charge in [-0.25, -0.2) is 0 Å². The average molecular weight is 559 g/mol. The molecule has 0 amide bonds. The van der Waals surface area contributed by atoms with Gasteiger partial charge in [0, 0.05) is 21.4 Å². The second-order valence-electron chi connectivity index (χ2n) is 9.65. The van der Waals surface area contributed by atoms with Crippen LogP contribution in [0.15, 0.2) is 133 Å². The second kappa shape index (κ2) is 12.2. The molecule has 0 aliphatic rings. The Kier molecular flexibility index (Phi) is 8.10. The summed E-state index contributed by atoms with van der Waals surface area (Å²) in [4.78, 5) is 0. The highest BCUT2D eigenvalue weighted by atomic mass is 31.1. The molecule has 2 atom stereocenters. The molecular weight excluding hydrogens is 526 g/mol. The third-order valence-electron chi connectivity index (χ3n) is 7.39. The van der Waals surface area contributed by atoms with Gasteiger partial charge in [-0.3, -0.25) is 0 Å². The van der Waals surface area contributed by atoms with Gasteiger partial charge in [0.25, 0.3) is 0 Å². The Labute approximate surface area is 239 Å². The molecule has 0 fully saturated rings. The maximum atomic E-state index is 6.12. The third kappa shape index (κ3) is 5.23. The number of benzene rings is 6. The van der Waals surface area contributed by atoms with Crippen molar-refractivity contribution in [2.75, 3.05) is 26.5 Å². The molecule has 0 saturated heterocycles. The molecule has 198 valence electrons. The summed E-state index contributed by atoms with van der Waals surface area (Å²) in [7, 11) is 2.29. The first-order chi connectivity index (χ1) is 19.8. The Morgan fingerprint density at radius 2 is 0.800 bits per heavy atom. The molecule has 6 rings (SSSR count). The lowest BCUT2D eigenvalue weighted by molar-refractivity contribution is 0.423. The number of ether oxygens (including phenoxy) is 2. The van der Waals surface area contributed by atoms with E-state index in [4.69, 9.17) is 9.47 Å². The van der Waals surface area contributed by atoms with Crippen molar-refractivity contribution in [3.8, 4) is 11.5 Å². The smallest absolute Gasteiger partial charge is 0.134 e. The fourth-order valence-electron chi connectivity index (χ4n) is 5.51. The number of rotatable bonds is 9. The maximum Gasteiger partial charge on any atom is 0.134 e. The fourth-order valence-corrected chi connectivity index (χ4v) is 11.2. The van der Waals surface area contributed by atoms with Crippen LogP contribution >= 0.6 is 15.8 Å². The van der Waals surface area contributed by atoms with Gasteiger partial charge >= 0.3 is 0 Å². The van der Waals surface area contributed by atoms with E-state index in [2.05, 4.69) is 133 Å². The first-order valence-corrected chi connectivity index (χ1v) is 16.6. The summed E-state index contributed by atoms with van der Waals surface area (Å²) in [5.74, 6) is 2.00. The Hall–Kier alpha value is -3.70. The van der Waals surface area contributed by atoms with Crippen LogP contribution in [0, 0.1) is 0 Å². The van der Waals surface area contributed by atoms with E-state index in [9.17, 15) is 0 Å². The zero-order valence-corrected chi connectivity index (χ0v) is 24.6. The van der Waals surface area contributed by atoms with E-state index in [1.165, 1.54) is 42.8 Å². The first-order valence-electron chi connectivity index (χ1n) is 13.5. The molecule has 0 aromatic heterocycles. The monoisotopic (exact) mass is 558 g/mol. The SMILES string of the molecule is COc1c(P(CCP(c2ccccc2)c2ccc3ccccc3c2OC)c2ccccc2)ccc2ccccc12. The van der Waals surface area contributed by atoms with Crippen molar-refractivity contribution in [2.45, 2.75) is 0 Å². The van der Waals surface area contributed by atoms with Gasteiger partial charge in [0.15, 0.2) is 0 Å². The fraction of sp³-hybridized carbons (Fsp3) is 0.111. The molecule has 0 saturated carbocycles. The molecule has 4 heteroatoms. The molecule has 0 aliphatic heterocycles. The van der Waals surface area contributed by atoms with Crippen LogP contribution in [0.25, 0.3) is 21.5 Å². The van der Waals surface area contributed by atoms with Gasteiger partial charge in [-0.15, -0.1) is 0 Å². The van der Waals surface area contributed by atoms with Gasteiger partial charge in [-0.05, 0) is 61.7 Å². The normalized spacial score (nSPS) is 12.8. The second-order valence-corrected chi connectivity index (χ2v) is 14.3. The lowest BCUT2D eigenvalue weighted by atomic mass is 10.1. The summed E-state index contributed by atoms with van der Waals surface area (Å²) in [6.07, 6.45) is 2.09. The molecule has 2 unspecified atom stereocenters. The Morgan fingerprint density at radius 3 is 1.20 bits per heavy atom. The quantitative estimate of drug-likeness (QED) is 0.170. The van der Waals surface area contributed by atoms with E-state index in [1.54, 1.807) is 14.2 Å². The highest BCUT2D eigenvalue weighted by Crippen LogP contribution is 2.46. The number of fused-ring (bicyclic) bond motifs is 2. The summed E-state index contributed by atoms with van der Waals surface area (Å²) in [6.45, 7) is 0. The molecule has 40 heavy (non-hydrogen) atoms. The van der Waals surface area contributed by atoms with Crippen molar-refractivity contribution < 1.29 is 9.47 Å². The van der Waals surface area contributed by atoms with Crippen LogP contribution < -0.4 is 30.7 Å². The van der Waals surface area contributed by atoms with E-state index in [-0.39, 0.29) is 0 Å². The number of hydrogen-bond donors (Lipinski definition) is 0. The summed E-state index contributed by atoms with van der Waals surface area (Å²) in [5.41, 5.74) is 0. The lowest BCUT2D eigenvalue weighted by Crippen LogP contribution is -2.21. The summed E-state index contributed by atoms with van der Waals surface area (Å²) in [6, 6.07) is 48.1. The zero-order chi connectivity index (χ0) is 27.3. The van der Waals surface area contributed by atoms with Gasteiger partial charge in [0.05, 0.1) is 14.2 Å². The van der Waals surface area contributed by atoms with E-state index in [1.807, 2.05) is 0 Å².